The number of amides is 6. The van der Waals surface area contributed by atoms with E-state index in [1.165, 1.54) is 6.20 Å². The number of hydrogen-bond donors (Lipinski definition) is 3. The van der Waals surface area contributed by atoms with Gasteiger partial charge in [0.15, 0.2) is 0 Å². The Hall–Kier alpha value is -4.41. The molecule has 1 atom stereocenters. The Morgan fingerprint density at radius 2 is 1.83 bits per heavy atom. The van der Waals surface area contributed by atoms with E-state index in [0.29, 0.717) is 18.5 Å². The Labute approximate surface area is 200 Å². The Morgan fingerprint density at radius 3 is 2.57 bits per heavy atom. The summed E-state index contributed by atoms with van der Waals surface area (Å²) in [6, 6.07) is 5.52. The monoisotopic (exact) mass is 477 g/mol. The molecule has 2 aliphatic heterocycles. The van der Waals surface area contributed by atoms with Crippen LogP contribution in [0.1, 0.15) is 51.1 Å². The molecule has 3 N–H and O–H groups in total. The number of anilines is 1. The second-order valence-electron chi connectivity index (χ2n) is 8.39. The maximum atomic E-state index is 12.9. The van der Waals surface area contributed by atoms with Gasteiger partial charge in [0.05, 0.1) is 23.0 Å². The highest BCUT2D eigenvalue weighted by Gasteiger charge is 2.44. The van der Waals surface area contributed by atoms with E-state index in [1.807, 2.05) is 6.92 Å². The molecule has 11 nitrogen and oxygen atoms in total. The molecule has 6 amide bonds. The number of pyridine rings is 1. The van der Waals surface area contributed by atoms with Gasteiger partial charge in [0.25, 0.3) is 11.8 Å². The first-order valence-electron chi connectivity index (χ1n) is 11.1. The fraction of sp³-hybridized carbons (Fsp3) is 0.292. The standard InChI is InChI=1S/C24H23N5O6/c1-13-9-15(12-25-11-13)27-22(33)21(32)26-8-2-3-14-4-5-16-17(10-14)24(35)29(23(16)34)18-6-7-19(30)28-20(18)31/h4-5,9-12,18H,2-3,6-8H2,1H3,(H,26,32)(H,27,33)(H,28,30,31). The Bertz CT molecular complexity index is 1260. The Kier molecular flexibility index (Phi) is 6.67. The number of rotatable bonds is 6. The van der Waals surface area contributed by atoms with Gasteiger partial charge in [-0.3, -0.25) is 44.0 Å². The van der Waals surface area contributed by atoms with Crippen molar-refractivity contribution in [2.45, 2.75) is 38.6 Å². The van der Waals surface area contributed by atoms with Crippen molar-refractivity contribution in [3.05, 3.63) is 58.9 Å². The largest absolute Gasteiger partial charge is 0.348 e. The lowest BCUT2D eigenvalue weighted by molar-refractivity contribution is -0.136. The smallest absolute Gasteiger partial charge is 0.313 e. The minimum Gasteiger partial charge on any atom is -0.348 e. The second-order valence-corrected chi connectivity index (χ2v) is 8.39. The molecule has 0 aliphatic carbocycles. The number of benzene rings is 1. The quantitative estimate of drug-likeness (QED) is 0.310. The third-order valence-electron chi connectivity index (χ3n) is 5.77. The molecule has 180 valence electrons. The highest BCUT2D eigenvalue weighted by molar-refractivity contribution is 6.39. The molecule has 1 aromatic heterocycles. The first-order valence-corrected chi connectivity index (χ1v) is 11.1. The molecule has 1 unspecified atom stereocenters. The molecular weight excluding hydrogens is 454 g/mol. The van der Waals surface area contributed by atoms with E-state index in [1.54, 1.807) is 30.5 Å². The topological polar surface area (TPSA) is 155 Å². The van der Waals surface area contributed by atoms with Crippen molar-refractivity contribution in [3.8, 4) is 0 Å². The van der Waals surface area contributed by atoms with E-state index in [2.05, 4.69) is 20.9 Å². The molecule has 1 fully saturated rings. The van der Waals surface area contributed by atoms with Crippen LogP contribution in [0.2, 0.25) is 0 Å². The lowest BCUT2D eigenvalue weighted by Gasteiger charge is -2.27. The van der Waals surface area contributed by atoms with Gasteiger partial charge in [0.2, 0.25) is 11.8 Å². The molecule has 1 aromatic carbocycles. The molecule has 11 heteroatoms. The number of hydrogen-bond acceptors (Lipinski definition) is 7. The molecular formula is C24H23N5O6. The Morgan fingerprint density at radius 1 is 1.06 bits per heavy atom. The van der Waals surface area contributed by atoms with Gasteiger partial charge in [0.1, 0.15) is 6.04 Å². The summed E-state index contributed by atoms with van der Waals surface area (Å²) in [6.07, 6.45) is 4.20. The molecule has 0 saturated carbocycles. The SMILES string of the molecule is Cc1cncc(NC(=O)C(=O)NCCCc2ccc3c(c2)C(=O)N(C2CCC(=O)NC2=O)C3=O)c1. The van der Waals surface area contributed by atoms with Crippen LogP contribution in [0.25, 0.3) is 0 Å². The number of nitrogens with one attached hydrogen (secondary N) is 3. The third kappa shape index (κ3) is 5.08. The predicted octanol–water partition coefficient (Wildman–Crippen LogP) is 0.479. The van der Waals surface area contributed by atoms with Crippen molar-refractivity contribution in [1.82, 2.24) is 20.5 Å². The van der Waals surface area contributed by atoms with Crippen molar-refractivity contribution < 1.29 is 28.8 Å². The fourth-order valence-corrected chi connectivity index (χ4v) is 4.06. The van der Waals surface area contributed by atoms with Crippen molar-refractivity contribution >= 4 is 41.1 Å². The minimum atomic E-state index is -1.01. The maximum Gasteiger partial charge on any atom is 0.313 e. The molecule has 2 aliphatic rings. The number of fused-ring (bicyclic) bond motifs is 1. The highest BCUT2D eigenvalue weighted by atomic mass is 16.2. The fourth-order valence-electron chi connectivity index (χ4n) is 4.06. The van der Waals surface area contributed by atoms with Gasteiger partial charge in [-0.1, -0.05) is 6.07 Å². The molecule has 3 heterocycles. The zero-order valence-corrected chi connectivity index (χ0v) is 18.9. The second kappa shape index (κ2) is 9.84. The van der Waals surface area contributed by atoms with E-state index in [4.69, 9.17) is 0 Å². The molecule has 35 heavy (non-hydrogen) atoms. The molecule has 0 bridgehead atoms. The summed E-state index contributed by atoms with van der Waals surface area (Å²) in [6.45, 7) is 2.04. The van der Waals surface area contributed by atoms with Gasteiger partial charge < -0.3 is 10.6 Å². The van der Waals surface area contributed by atoms with Crippen LogP contribution >= 0.6 is 0 Å². The van der Waals surface area contributed by atoms with Crippen LogP contribution in [0.5, 0.6) is 0 Å². The van der Waals surface area contributed by atoms with Crippen molar-refractivity contribution in [2.75, 3.05) is 11.9 Å². The zero-order valence-electron chi connectivity index (χ0n) is 18.9. The highest BCUT2D eigenvalue weighted by Crippen LogP contribution is 2.28. The predicted molar refractivity (Wildman–Crippen MR) is 122 cm³/mol. The van der Waals surface area contributed by atoms with Crippen LogP contribution in [0.15, 0.2) is 36.7 Å². The van der Waals surface area contributed by atoms with Gasteiger partial charge in [-0.15, -0.1) is 0 Å². The summed E-state index contributed by atoms with van der Waals surface area (Å²) in [5.41, 5.74) is 2.44. The number of piperidine rings is 1. The average Bonchev–Trinajstić information content (AvgIpc) is 3.06. The van der Waals surface area contributed by atoms with Gasteiger partial charge in [-0.2, -0.15) is 0 Å². The molecule has 0 spiro atoms. The molecule has 4 rings (SSSR count). The number of carbonyl (C=O) groups excluding carboxylic acids is 6. The van der Waals surface area contributed by atoms with Crippen LogP contribution in [-0.2, 0) is 25.6 Å². The summed E-state index contributed by atoms with van der Waals surface area (Å²) < 4.78 is 0. The van der Waals surface area contributed by atoms with Gasteiger partial charge in [0, 0.05) is 19.2 Å². The summed E-state index contributed by atoms with van der Waals surface area (Å²) in [7, 11) is 0. The van der Waals surface area contributed by atoms with E-state index in [-0.39, 0.29) is 30.5 Å². The van der Waals surface area contributed by atoms with Crippen LogP contribution < -0.4 is 16.0 Å². The summed E-state index contributed by atoms with van der Waals surface area (Å²) in [5.74, 6) is -3.80. The molecule has 2 aromatic rings. The lowest BCUT2D eigenvalue weighted by atomic mass is 10.0. The first-order chi connectivity index (χ1) is 16.7. The number of imide groups is 2. The van der Waals surface area contributed by atoms with E-state index in [9.17, 15) is 28.8 Å². The molecule has 0 radical (unpaired) electrons. The molecule has 1 saturated heterocycles. The summed E-state index contributed by atoms with van der Waals surface area (Å²) >= 11 is 0. The van der Waals surface area contributed by atoms with Crippen molar-refractivity contribution in [2.24, 2.45) is 0 Å². The van der Waals surface area contributed by atoms with Gasteiger partial charge in [-0.25, -0.2) is 0 Å². The number of nitrogens with zero attached hydrogens (tertiary/aromatic N) is 2. The third-order valence-corrected chi connectivity index (χ3v) is 5.77. The Balaban J connectivity index is 1.30. The summed E-state index contributed by atoms with van der Waals surface area (Å²) in [4.78, 5) is 78.1. The average molecular weight is 477 g/mol. The van der Waals surface area contributed by atoms with Crippen molar-refractivity contribution in [1.29, 1.82) is 0 Å². The van der Waals surface area contributed by atoms with E-state index < -0.39 is 41.5 Å². The number of carbonyl (C=O) groups is 6. The van der Waals surface area contributed by atoms with E-state index in [0.717, 1.165) is 16.0 Å². The van der Waals surface area contributed by atoms with Crippen LogP contribution in [-0.4, -0.2) is 57.9 Å². The van der Waals surface area contributed by atoms with Gasteiger partial charge in [-0.05, 0) is 55.5 Å². The van der Waals surface area contributed by atoms with Crippen molar-refractivity contribution in [3.63, 3.8) is 0 Å². The number of aryl methyl sites for hydroxylation is 2. The minimum absolute atomic E-state index is 0.0562. The van der Waals surface area contributed by atoms with Crippen LogP contribution in [0.4, 0.5) is 5.69 Å². The number of aromatic nitrogens is 1. The normalized spacial score (nSPS) is 17.2. The zero-order chi connectivity index (χ0) is 25.1. The summed E-state index contributed by atoms with van der Waals surface area (Å²) in [5, 5.41) is 7.18. The first kappa shape index (κ1) is 23.7. The van der Waals surface area contributed by atoms with E-state index >= 15 is 0 Å². The maximum absolute atomic E-state index is 12.9. The van der Waals surface area contributed by atoms with Crippen LogP contribution in [0, 0.1) is 6.92 Å². The lowest BCUT2D eigenvalue weighted by Crippen LogP contribution is -2.54. The van der Waals surface area contributed by atoms with Crippen LogP contribution in [0.3, 0.4) is 0 Å². The van der Waals surface area contributed by atoms with Gasteiger partial charge >= 0.3 is 11.8 Å².